The van der Waals surface area contributed by atoms with Crippen molar-refractivity contribution < 1.29 is 4.42 Å². The summed E-state index contributed by atoms with van der Waals surface area (Å²) in [5, 5.41) is 9.14. The molecule has 4 heteroatoms. The van der Waals surface area contributed by atoms with Gasteiger partial charge in [-0.05, 0) is 5.56 Å². The van der Waals surface area contributed by atoms with Crippen LogP contribution >= 0.6 is 11.8 Å². The third kappa shape index (κ3) is 3.10. The Hall–Kier alpha value is -1.29. The molecule has 0 aliphatic heterocycles. The van der Waals surface area contributed by atoms with Gasteiger partial charge in [0.15, 0.2) is 0 Å². The molecule has 0 bridgehead atoms. The summed E-state index contributed by atoms with van der Waals surface area (Å²) >= 11 is 1.59. The summed E-state index contributed by atoms with van der Waals surface area (Å²) < 4.78 is 5.54. The van der Waals surface area contributed by atoms with Gasteiger partial charge in [0.05, 0.1) is 6.42 Å². The van der Waals surface area contributed by atoms with Crippen molar-refractivity contribution in [1.82, 2.24) is 10.2 Å². The van der Waals surface area contributed by atoms with Gasteiger partial charge in [0.1, 0.15) is 0 Å². The van der Waals surface area contributed by atoms with Gasteiger partial charge >= 0.3 is 0 Å². The van der Waals surface area contributed by atoms with E-state index in [4.69, 9.17) is 4.42 Å². The van der Waals surface area contributed by atoms with Crippen LogP contribution in [0.4, 0.5) is 0 Å². The minimum Gasteiger partial charge on any atom is -0.416 e. The highest BCUT2D eigenvalue weighted by molar-refractivity contribution is 7.99. The zero-order valence-corrected chi connectivity index (χ0v) is 10.2. The molecule has 16 heavy (non-hydrogen) atoms. The van der Waals surface area contributed by atoms with Crippen LogP contribution in [0.25, 0.3) is 0 Å². The largest absolute Gasteiger partial charge is 0.416 e. The van der Waals surface area contributed by atoms with Crippen molar-refractivity contribution >= 4 is 11.8 Å². The molecular formula is C12H14N2OS. The van der Waals surface area contributed by atoms with Crippen LogP contribution in [-0.2, 0) is 6.42 Å². The van der Waals surface area contributed by atoms with Gasteiger partial charge in [-0.2, -0.15) is 0 Å². The molecule has 0 saturated carbocycles. The van der Waals surface area contributed by atoms with Crippen molar-refractivity contribution in [2.75, 3.05) is 0 Å². The molecule has 0 N–H and O–H groups in total. The molecular weight excluding hydrogens is 220 g/mol. The van der Waals surface area contributed by atoms with Gasteiger partial charge in [0.25, 0.3) is 5.22 Å². The molecule has 0 aliphatic carbocycles. The van der Waals surface area contributed by atoms with Crippen LogP contribution in [0, 0.1) is 0 Å². The molecule has 1 aromatic carbocycles. The number of nitrogens with zero attached hydrogens (tertiary/aromatic N) is 2. The maximum atomic E-state index is 5.54. The summed E-state index contributed by atoms with van der Waals surface area (Å²) in [5.74, 6) is 0.675. The van der Waals surface area contributed by atoms with Crippen molar-refractivity contribution in [2.24, 2.45) is 0 Å². The maximum absolute atomic E-state index is 5.54. The fourth-order valence-corrected chi connectivity index (χ4v) is 1.96. The second-order valence-corrected chi connectivity index (χ2v) is 5.32. The average Bonchev–Trinajstić information content (AvgIpc) is 2.66. The van der Waals surface area contributed by atoms with E-state index in [9.17, 15) is 0 Å². The third-order valence-electron chi connectivity index (χ3n) is 1.98. The van der Waals surface area contributed by atoms with Crippen molar-refractivity contribution in [3.8, 4) is 0 Å². The average molecular weight is 234 g/mol. The van der Waals surface area contributed by atoms with Crippen LogP contribution in [0.5, 0.6) is 0 Å². The molecule has 2 rings (SSSR count). The fraction of sp³-hybridized carbons (Fsp3) is 0.333. The number of aromatic nitrogens is 2. The highest BCUT2D eigenvalue weighted by atomic mass is 32.2. The van der Waals surface area contributed by atoms with Crippen LogP contribution in [0.1, 0.15) is 25.3 Å². The number of rotatable bonds is 4. The lowest BCUT2D eigenvalue weighted by atomic mass is 10.2. The second kappa shape index (κ2) is 5.16. The van der Waals surface area contributed by atoms with E-state index in [0.29, 0.717) is 22.8 Å². The van der Waals surface area contributed by atoms with E-state index in [-0.39, 0.29) is 0 Å². The molecule has 1 aromatic heterocycles. The zero-order chi connectivity index (χ0) is 11.4. The number of benzene rings is 1. The predicted octanol–water partition coefficient (Wildman–Crippen LogP) is 3.16. The van der Waals surface area contributed by atoms with Gasteiger partial charge in [-0.1, -0.05) is 55.9 Å². The molecule has 2 aromatic rings. The van der Waals surface area contributed by atoms with E-state index in [1.54, 1.807) is 11.8 Å². The van der Waals surface area contributed by atoms with Gasteiger partial charge in [-0.25, -0.2) is 0 Å². The molecule has 0 fully saturated rings. The second-order valence-electron chi connectivity index (χ2n) is 3.79. The Bertz CT molecular complexity index is 439. The Labute approximate surface area is 99.3 Å². The van der Waals surface area contributed by atoms with Crippen molar-refractivity contribution in [1.29, 1.82) is 0 Å². The molecule has 0 saturated heterocycles. The fourth-order valence-electron chi connectivity index (χ4n) is 1.33. The van der Waals surface area contributed by atoms with Gasteiger partial charge in [0, 0.05) is 5.25 Å². The predicted molar refractivity (Wildman–Crippen MR) is 64.5 cm³/mol. The molecule has 0 amide bonds. The standard InChI is InChI=1S/C12H14N2OS/c1-9(2)16-12-14-13-11(15-12)8-10-6-4-3-5-7-10/h3-7,9H,8H2,1-2H3. The highest BCUT2D eigenvalue weighted by Crippen LogP contribution is 2.21. The molecule has 1 heterocycles. The van der Waals surface area contributed by atoms with Gasteiger partial charge in [0.2, 0.25) is 5.89 Å². The minimum atomic E-state index is 0.463. The number of thioether (sulfide) groups is 1. The lowest BCUT2D eigenvalue weighted by Gasteiger charge is -1.97. The first-order valence-corrected chi connectivity index (χ1v) is 6.15. The minimum absolute atomic E-state index is 0.463. The summed E-state index contributed by atoms with van der Waals surface area (Å²) in [4.78, 5) is 0. The smallest absolute Gasteiger partial charge is 0.276 e. The Morgan fingerprint density at radius 2 is 1.94 bits per heavy atom. The lowest BCUT2D eigenvalue weighted by Crippen LogP contribution is -1.87. The van der Waals surface area contributed by atoms with Crippen LogP contribution < -0.4 is 0 Å². The summed E-state index contributed by atoms with van der Waals surface area (Å²) in [5.41, 5.74) is 1.19. The monoisotopic (exact) mass is 234 g/mol. The molecule has 3 nitrogen and oxygen atoms in total. The van der Waals surface area contributed by atoms with Crippen LogP contribution in [0.2, 0.25) is 0 Å². The first-order chi connectivity index (χ1) is 7.74. The molecule has 0 aliphatic rings. The highest BCUT2D eigenvalue weighted by Gasteiger charge is 2.08. The summed E-state index contributed by atoms with van der Waals surface area (Å²) in [7, 11) is 0. The van der Waals surface area contributed by atoms with E-state index in [1.165, 1.54) is 5.56 Å². The SMILES string of the molecule is CC(C)Sc1nnc(Cc2ccccc2)o1. The van der Waals surface area contributed by atoms with Gasteiger partial charge in [-0.3, -0.25) is 0 Å². The van der Waals surface area contributed by atoms with Crippen molar-refractivity contribution in [2.45, 2.75) is 30.7 Å². The number of hydrogen-bond donors (Lipinski definition) is 0. The van der Waals surface area contributed by atoms with Gasteiger partial charge in [-0.15, -0.1) is 10.2 Å². The molecule has 0 atom stereocenters. The molecule has 0 unspecified atom stereocenters. The zero-order valence-electron chi connectivity index (χ0n) is 9.38. The first kappa shape index (κ1) is 11.2. The topological polar surface area (TPSA) is 38.9 Å². The van der Waals surface area contributed by atoms with Crippen LogP contribution in [0.3, 0.4) is 0 Å². The van der Waals surface area contributed by atoms with E-state index < -0.39 is 0 Å². The van der Waals surface area contributed by atoms with Crippen LogP contribution in [0.15, 0.2) is 40.0 Å². The Balaban J connectivity index is 2.03. The molecule has 0 radical (unpaired) electrons. The third-order valence-corrected chi connectivity index (χ3v) is 2.82. The molecule has 84 valence electrons. The maximum Gasteiger partial charge on any atom is 0.276 e. The van der Waals surface area contributed by atoms with E-state index in [0.717, 1.165) is 0 Å². The van der Waals surface area contributed by atoms with Crippen LogP contribution in [-0.4, -0.2) is 15.4 Å². The summed E-state index contributed by atoms with van der Waals surface area (Å²) in [6.07, 6.45) is 0.701. The van der Waals surface area contributed by atoms with E-state index >= 15 is 0 Å². The Morgan fingerprint density at radius 1 is 1.19 bits per heavy atom. The van der Waals surface area contributed by atoms with Gasteiger partial charge < -0.3 is 4.42 Å². The normalized spacial score (nSPS) is 10.9. The Kier molecular flexibility index (Phi) is 3.62. The lowest BCUT2D eigenvalue weighted by molar-refractivity contribution is 0.420. The molecule has 0 spiro atoms. The quantitative estimate of drug-likeness (QED) is 0.762. The number of hydrogen-bond acceptors (Lipinski definition) is 4. The van der Waals surface area contributed by atoms with E-state index in [2.05, 4.69) is 36.2 Å². The van der Waals surface area contributed by atoms with Crippen molar-refractivity contribution in [3.63, 3.8) is 0 Å². The first-order valence-electron chi connectivity index (χ1n) is 5.27. The Morgan fingerprint density at radius 3 is 2.62 bits per heavy atom. The van der Waals surface area contributed by atoms with Crippen molar-refractivity contribution in [3.05, 3.63) is 41.8 Å². The summed E-state index contributed by atoms with van der Waals surface area (Å²) in [6.45, 7) is 4.21. The van der Waals surface area contributed by atoms with E-state index in [1.807, 2.05) is 18.2 Å². The summed E-state index contributed by atoms with van der Waals surface area (Å²) in [6, 6.07) is 10.1.